The second-order valence-electron chi connectivity index (χ2n) is 10.3. The van der Waals surface area contributed by atoms with Crippen LogP contribution in [0.1, 0.15) is 49.5 Å². The Morgan fingerprint density at radius 2 is 1.83 bits per heavy atom. The number of urea groups is 1. The van der Waals surface area contributed by atoms with E-state index in [0.29, 0.717) is 43.2 Å². The van der Waals surface area contributed by atoms with E-state index in [4.69, 9.17) is 0 Å². The van der Waals surface area contributed by atoms with Crippen molar-refractivity contribution in [2.45, 2.75) is 55.5 Å². The number of nitrogens with one attached hydrogen (secondary N) is 2. The van der Waals surface area contributed by atoms with Crippen molar-refractivity contribution in [3.63, 3.8) is 0 Å². The first-order valence-electron chi connectivity index (χ1n) is 12.1. The summed E-state index contributed by atoms with van der Waals surface area (Å²) < 4.78 is 31.0. The van der Waals surface area contributed by atoms with Crippen LogP contribution in [0.15, 0.2) is 23.4 Å². The molecule has 2 saturated carbocycles. The molecule has 0 aromatic carbocycles. The quantitative estimate of drug-likeness (QED) is 0.612. The second kappa shape index (κ2) is 8.66. The number of pyridine rings is 1. The molecule has 2 aromatic heterocycles. The molecule has 0 radical (unpaired) electrons. The van der Waals surface area contributed by atoms with Crippen LogP contribution >= 0.6 is 0 Å². The highest BCUT2D eigenvalue weighted by molar-refractivity contribution is 7.89. The van der Waals surface area contributed by atoms with Gasteiger partial charge in [-0.15, -0.1) is 0 Å². The summed E-state index contributed by atoms with van der Waals surface area (Å²) in [5.74, 6) is -0.258. The van der Waals surface area contributed by atoms with Crippen molar-refractivity contribution in [2.75, 3.05) is 45.2 Å². The summed E-state index contributed by atoms with van der Waals surface area (Å²) in [5.41, 5.74) is 1.04. The first kappa shape index (κ1) is 23.9. The van der Waals surface area contributed by atoms with Crippen LogP contribution in [0, 0.1) is 0 Å². The van der Waals surface area contributed by atoms with Crippen LogP contribution < -0.4 is 14.9 Å². The van der Waals surface area contributed by atoms with Gasteiger partial charge in [-0.05, 0) is 45.1 Å². The van der Waals surface area contributed by atoms with Crippen molar-refractivity contribution in [2.24, 2.45) is 0 Å². The van der Waals surface area contributed by atoms with Gasteiger partial charge in [0.2, 0.25) is 10.0 Å². The Bertz CT molecular complexity index is 1260. The van der Waals surface area contributed by atoms with Gasteiger partial charge in [0.15, 0.2) is 5.65 Å². The Kier molecular flexibility index (Phi) is 5.91. The molecule has 0 atom stereocenters. The predicted octanol–water partition coefficient (Wildman–Crippen LogP) is 1.25. The number of amides is 3. The van der Waals surface area contributed by atoms with Crippen LogP contribution in [0.5, 0.6) is 0 Å². The maximum atomic E-state index is 13.3. The molecule has 3 heterocycles. The third-order valence-corrected chi connectivity index (χ3v) is 8.80. The number of hydrogen-bond acceptors (Lipinski definition) is 6. The number of imidazole rings is 1. The number of carbonyl (C=O) groups is 2. The fourth-order valence-corrected chi connectivity index (χ4v) is 5.98. The molecule has 1 saturated heterocycles. The molecule has 3 fully saturated rings. The molecule has 190 valence electrons. The highest BCUT2D eigenvalue weighted by Gasteiger charge is 2.41. The van der Waals surface area contributed by atoms with Gasteiger partial charge < -0.3 is 20.0 Å². The summed E-state index contributed by atoms with van der Waals surface area (Å²) in [4.78, 5) is 35.3. The number of hydrogen-bond donors (Lipinski definition) is 2. The number of piperazine rings is 1. The van der Waals surface area contributed by atoms with E-state index in [1.807, 2.05) is 11.8 Å². The van der Waals surface area contributed by atoms with Crippen molar-refractivity contribution in [3.05, 3.63) is 24.2 Å². The molecule has 11 nitrogen and oxygen atoms in total. The minimum absolute atomic E-state index is 0.0521. The summed E-state index contributed by atoms with van der Waals surface area (Å²) in [5, 5.41) is 3.02. The molecule has 12 heteroatoms. The lowest BCUT2D eigenvalue weighted by atomic mass is 9.93. The third-order valence-electron chi connectivity index (χ3n) is 7.20. The molecule has 2 aliphatic carbocycles. The van der Waals surface area contributed by atoms with Gasteiger partial charge in [0.25, 0.3) is 5.91 Å². The van der Waals surface area contributed by atoms with E-state index in [-0.39, 0.29) is 22.9 Å². The van der Waals surface area contributed by atoms with E-state index in [0.717, 1.165) is 32.1 Å². The zero-order chi connectivity index (χ0) is 25.0. The molecular weight excluding hydrogens is 470 g/mol. The number of nitrogens with zero attached hydrogens (tertiary/aromatic N) is 5. The number of fused-ring (bicyclic) bond motifs is 1. The topological polar surface area (TPSA) is 119 Å². The lowest BCUT2D eigenvalue weighted by Crippen LogP contribution is -2.51. The zero-order valence-corrected chi connectivity index (χ0v) is 21.3. The Balaban J connectivity index is 1.51. The van der Waals surface area contributed by atoms with Gasteiger partial charge in [0, 0.05) is 58.1 Å². The molecule has 0 spiro atoms. The Hall–Kier alpha value is -2.86. The van der Waals surface area contributed by atoms with Gasteiger partial charge in [-0.2, -0.15) is 0 Å². The van der Waals surface area contributed by atoms with Crippen molar-refractivity contribution < 1.29 is 18.0 Å². The molecule has 3 aliphatic rings. The molecule has 1 aliphatic heterocycles. The average molecular weight is 504 g/mol. The monoisotopic (exact) mass is 503 g/mol. The van der Waals surface area contributed by atoms with Crippen molar-refractivity contribution in [1.82, 2.24) is 29.2 Å². The summed E-state index contributed by atoms with van der Waals surface area (Å²) >= 11 is 0. The SMILES string of the molecule is CN(C)C(=O)N1CCN(c2cc(S(=O)(=O)NC3(C)CC3)cn3c(C(=O)NC4CCC4)cnc23)CC1. The number of aromatic nitrogens is 2. The van der Waals surface area contributed by atoms with Crippen molar-refractivity contribution >= 4 is 33.3 Å². The molecule has 2 N–H and O–H groups in total. The Morgan fingerprint density at radius 1 is 1.14 bits per heavy atom. The van der Waals surface area contributed by atoms with E-state index < -0.39 is 15.6 Å². The summed E-state index contributed by atoms with van der Waals surface area (Å²) in [7, 11) is -0.363. The van der Waals surface area contributed by atoms with Crippen LogP contribution in [0.2, 0.25) is 0 Å². The lowest BCUT2D eigenvalue weighted by Gasteiger charge is -2.37. The minimum Gasteiger partial charge on any atom is -0.365 e. The number of carbonyl (C=O) groups excluding carboxylic acids is 2. The summed E-state index contributed by atoms with van der Waals surface area (Å²) in [6.07, 6.45) is 7.58. The standard InChI is InChI=1S/C23H33N7O4S/c1-23(7-8-23)26-35(33,34)17-13-18(28-9-11-29(12-10-28)22(32)27(2)3)20-24-14-19(30(20)15-17)21(31)25-16-5-4-6-16/h13-16,26H,4-12H2,1-3H3,(H,25,31). The van der Waals surface area contributed by atoms with Gasteiger partial charge in [0.1, 0.15) is 10.6 Å². The van der Waals surface area contributed by atoms with Gasteiger partial charge in [0.05, 0.1) is 11.9 Å². The molecule has 2 aromatic rings. The fraction of sp³-hybridized carbons (Fsp3) is 0.609. The first-order chi connectivity index (χ1) is 16.6. The Morgan fingerprint density at radius 3 is 2.40 bits per heavy atom. The Labute approximate surface area is 205 Å². The predicted molar refractivity (Wildman–Crippen MR) is 131 cm³/mol. The van der Waals surface area contributed by atoms with Crippen LogP contribution in [0.3, 0.4) is 0 Å². The molecule has 5 rings (SSSR count). The highest BCUT2D eigenvalue weighted by atomic mass is 32.2. The maximum absolute atomic E-state index is 13.3. The van der Waals surface area contributed by atoms with E-state index in [1.165, 1.54) is 12.4 Å². The van der Waals surface area contributed by atoms with Crippen LogP contribution in [-0.4, -0.2) is 91.4 Å². The van der Waals surface area contributed by atoms with Crippen molar-refractivity contribution in [3.8, 4) is 0 Å². The molecule has 35 heavy (non-hydrogen) atoms. The van der Waals surface area contributed by atoms with Gasteiger partial charge in [-0.3, -0.25) is 9.20 Å². The van der Waals surface area contributed by atoms with Crippen molar-refractivity contribution in [1.29, 1.82) is 0 Å². The smallest absolute Gasteiger partial charge is 0.319 e. The van der Waals surface area contributed by atoms with E-state index in [9.17, 15) is 18.0 Å². The third kappa shape index (κ3) is 4.68. The van der Waals surface area contributed by atoms with Crippen LogP contribution in [0.4, 0.5) is 10.5 Å². The molecule has 3 amide bonds. The largest absolute Gasteiger partial charge is 0.365 e. The van der Waals surface area contributed by atoms with Gasteiger partial charge >= 0.3 is 6.03 Å². The highest BCUT2D eigenvalue weighted by Crippen LogP contribution is 2.36. The number of anilines is 1. The normalized spacial score (nSPS) is 20.0. The van der Waals surface area contributed by atoms with Gasteiger partial charge in [-0.25, -0.2) is 22.9 Å². The second-order valence-corrected chi connectivity index (χ2v) is 12.0. The molecule has 0 bridgehead atoms. The molecular formula is C23H33N7O4S. The maximum Gasteiger partial charge on any atom is 0.319 e. The van der Waals surface area contributed by atoms with Crippen LogP contribution in [0.25, 0.3) is 5.65 Å². The average Bonchev–Trinajstić information content (AvgIpc) is 3.34. The minimum atomic E-state index is -3.81. The number of rotatable bonds is 6. The lowest BCUT2D eigenvalue weighted by molar-refractivity contribution is 0.0910. The zero-order valence-electron chi connectivity index (χ0n) is 20.5. The molecule has 0 unspecified atom stereocenters. The fourth-order valence-electron chi connectivity index (χ4n) is 4.50. The number of sulfonamides is 1. The van der Waals surface area contributed by atoms with Crippen LogP contribution in [-0.2, 0) is 10.0 Å². The summed E-state index contributed by atoms with van der Waals surface area (Å²) in [6, 6.07) is 1.73. The van der Waals surface area contributed by atoms with E-state index in [1.54, 1.807) is 34.4 Å². The van der Waals surface area contributed by atoms with E-state index >= 15 is 0 Å². The van der Waals surface area contributed by atoms with E-state index in [2.05, 4.69) is 15.0 Å². The van der Waals surface area contributed by atoms with Gasteiger partial charge in [-0.1, -0.05) is 0 Å². The summed E-state index contributed by atoms with van der Waals surface area (Å²) in [6.45, 7) is 3.96. The first-order valence-corrected chi connectivity index (χ1v) is 13.6.